The molecule has 142 valence electrons. The van der Waals surface area contributed by atoms with Gasteiger partial charge in [-0.15, -0.1) is 0 Å². The van der Waals surface area contributed by atoms with Crippen LogP contribution < -0.4 is 10.6 Å². The molecule has 0 saturated carbocycles. The van der Waals surface area contributed by atoms with Crippen LogP contribution in [-0.4, -0.2) is 33.2 Å². The van der Waals surface area contributed by atoms with E-state index in [4.69, 9.17) is 0 Å². The fourth-order valence-electron chi connectivity index (χ4n) is 2.72. The Morgan fingerprint density at radius 2 is 1.76 bits per heavy atom. The molecule has 0 aliphatic carbocycles. The topological polar surface area (TPSA) is 76.0 Å². The number of hydrogen-bond acceptors (Lipinski definition) is 3. The highest BCUT2D eigenvalue weighted by Gasteiger charge is 2.21. The quantitative estimate of drug-likeness (QED) is 0.793. The van der Waals surface area contributed by atoms with E-state index in [-0.39, 0.29) is 17.4 Å². The third-order valence-electron chi connectivity index (χ3n) is 3.94. The van der Waals surface area contributed by atoms with E-state index < -0.39 is 6.04 Å². The van der Waals surface area contributed by atoms with E-state index in [1.807, 2.05) is 32.4 Å². The van der Waals surface area contributed by atoms with Gasteiger partial charge in [0, 0.05) is 24.2 Å². The van der Waals surface area contributed by atoms with Crippen LogP contribution in [0, 0.1) is 19.8 Å². The summed E-state index contributed by atoms with van der Waals surface area (Å²) in [6.07, 6.45) is 0.984. The average Bonchev–Trinajstić information content (AvgIpc) is 2.68. The molecule has 1 aromatic heterocycles. The summed E-state index contributed by atoms with van der Waals surface area (Å²) in [5, 5.41) is 10.2. The molecule has 2 amide bonds. The number of aromatic nitrogens is 2. The number of nitrogens with one attached hydrogen (secondary N) is 2. The van der Waals surface area contributed by atoms with E-state index in [1.165, 1.54) is 0 Å². The van der Waals surface area contributed by atoms with E-state index in [2.05, 4.69) is 36.5 Å². The molecule has 1 atom stereocenters. The number of carbonyl (C=O) groups excluding carboxylic acids is 2. The molecular weight excluding hydrogens is 316 g/mol. The Morgan fingerprint density at radius 1 is 1.16 bits per heavy atom. The molecule has 6 nitrogen and oxygen atoms in total. The van der Waals surface area contributed by atoms with Crippen LogP contribution in [0.4, 0.5) is 0 Å². The van der Waals surface area contributed by atoms with Gasteiger partial charge in [0.05, 0.1) is 5.69 Å². The standard InChI is InChI=1S/C19H34N4O2/c1-12(2)11-23-15(5)16(13(3)22-23)9-10-17(24)20-14(4)18(25)21-19(6,7)8/h12,14H,9-11H2,1-8H3,(H,20,24)(H,21,25). The number of rotatable bonds is 7. The second-order valence-corrected chi connectivity index (χ2v) is 8.25. The van der Waals surface area contributed by atoms with Crippen molar-refractivity contribution in [3.05, 3.63) is 17.0 Å². The van der Waals surface area contributed by atoms with Crippen LogP contribution in [0.2, 0.25) is 0 Å². The lowest BCUT2D eigenvalue weighted by atomic mass is 10.1. The van der Waals surface area contributed by atoms with Gasteiger partial charge in [0.1, 0.15) is 6.04 Å². The molecule has 2 N–H and O–H groups in total. The predicted octanol–water partition coefficient (Wildman–Crippen LogP) is 2.51. The third-order valence-corrected chi connectivity index (χ3v) is 3.94. The Kier molecular flexibility index (Phi) is 7.20. The van der Waals surface area contributed by atoms with Gasteiger partial charge in [0.2, 0.25) is 11.8 Å². The highest BCUT2D eigenvalue weighted by Crippen LogP contribution is 2.16. The molecule has 0 aliphatic rings. The van der Waals surface area contributed by atoms with Crippen molar-refractivity contribution < 1.29 is 9.59 Å². The lowest BCUT2D eigenvalue weighted by molar-refractivity contribution is -0.129. The Hall–Kier alpha value is -1.85. The van der Waals surface area contributed by atoms with E-state index in [1.54, 1.807) is 6.92 Å². The zero-order valence-corrected chi connectivity index (χ0v) is 17.0. The summed E-state index contributed by atoms with van der Waals surface area (Å²) in [4.78, 5) is 24.2. The van der Waals surface area contributed by atoms with E-state index in [0.717, 1.165) is 23.5 Å². The Balaban J connectivity index is 2.60. The molecule has 1 aromatic rings. The number of hydrogen-bond donors (Lipinski definition) is 2. The monoisotopic (exact) mass is 350 g/mol. The third kappa shape index (κ3) is 6.88. The van der Waals surface area contributed by atoms with Gasteiger partial charge in [0.25, 0.3) is 0 Å². The number of amides is 2. The smallest absolute Gasteiger partial charge is 0.242 e. The zero-order chi connectivity index (χ0) is 19.4. The molecule has 1 unspecified atom stereocenters. The molecular formula is C19H34N4O2. The van der Waals surface area contributed by atoms with Gasteiger partial charge in [0.15, 0.2) is 0 Å². The minimum atomic E-state index is -0.544. The van der Waals surface area contributed by atoms with Crippen LogP contribution in [-0.2, 0) is 22.6 Å². The maximum absolute atomic E-state index is 12.2. The van der Waals surface area contributed by atoms with E-state index >= 15 is 0 Å². The van der Waals surface area contributed by atoms with Crippen molar-refractivity contribution in [2.75, 3.05) is 0 Å². The van der Waals surface area contributed by atoms with Crippen LogP contribution in [0.25, 0.3) is 0 Å². The molecule has 25 heavy (non-hydrogen) atoms. The summed E-state index contributed by atoms with van der Waals surface area (Å²) in [5.74, 6) is 0.237. The van der Waals surface area contributed by atoms with Crippen LogP contribution >= 0.6 is 0 Å². The summed E-state index contributed by atoms with van der Waals surface area (Å²) < 4.78 is 2.02. The second-order valence-electron chi connectivity index (χ2n) is 8.25. The number of nitrogens with zero attached hydrogens (tertiary/aromatic N) is 2. The van der Waals surface area contributed by atoms with Gasteiger partial charge in [-0.1, -0.05) is 13.8 Å². The van der Waals surface area contributed by atoms with Crippen molar-refractivity contribution in [2.24, 2.45) is 5.92 Å². The highest BCUT2D eigenvalue weighted by atomic mass is 16.2. The first kappa shape index (κ1) is 21.2. The van der Waals surface area contributed by atoms with Crippen molar-refractivity contribution >= 4 is 11.8 Å². The van der Waals surface area contributed by atoms with Gasteiger partial charge in [-0.2, -0.15) is 5.10 Å². The van der Waals surface area contributed by atoms with Gasteiger partial charge < -0.3 is 10.6 Å². The normalized spacial score (nSPS) is 13.0. The summed E-state index contributed by atoms with van der Waals surface area (Å²) in [6, 6.07) is -0.544. The Labute approximate surface area is 151 Å². The lowest BCUT2D eigenvalue weighted by Crippen LogP contribution is -2.50. The molecule has 0 saturated heterocycles. The average molecular weight is 351 g/mol. The van der Waals surface area contributed by atoms with Crippen molar-refractivity contribution in [3.63, 3.8) is 0 Å². The highest BCUT2D eigenvalue weighted by molar-refractivity contribution is 5.87. The van der Waals surface area contributed by atoms with Crippen LogP contribution in [0.3, 0.4) is 0 Å². The number of carbonyl (C=O) groups is 2. The summed E-state index contributed by atoms with van der Waals surface area (Å²) in [5.41, 5.74) is 2.92. The molecule has 0 spiro atoms. The maximum atomic E-state index is 12.2. The minimum absolute atomic E-state index is 0.119. The van der Waals surface area contributed by atoms with Gasteiger partial charge in [-0.05, 0) is 59.4 Å². The first-order chi connectivity index (χ1) is 11.4. The summed E-state index contributed by atoms with van der Waals surface area (Å²) in [6.45, 7) is 16.7. The molecule has 0 aliphatic heterocycles. The van der Waals surface area contributed by atoms with Crippen LogP contribution in [0.1, 0.15) is 64.9 Å². The minimum Gasteiger partial charge on any atom is -0.350 e. The van der Waals surface area contributed by atoms with Gasteiger partial charge in [-0.3, -0.25) is 14.3 Å². The van der Waals surface area contributed by atoms with Crippen LogP contribution in [0.15, 0.2) is 0 Å². The van der Waals surface area contributed by atoms with Gasteiger partial charge >= 0.3 is 0 Å². The van der Waals surface area contributed by atoms with E-state index in [9.17, 15) is 9.59 Å². The molecule has 0 aromatic carbocycles. The maximum Gasteiger partial charge on any atom is 0.242 e. The zero-order valence-electron chi connectivity index (χ0n) is 17.0. The molecule has 6 heteroatoms. The first-order valence-corrected chi connectivity index (χ1v) is 9.05. The largest absolute Gasteiger partial charge is 0.350 e. The van der Waals surface area contributed by atoms with Gasteiger partial charge in [-0.25, -0.2) is 0 Å². The fourth-order valence-corrected chi connectivity index (χ4v) is 2.72. The van der Waals surface area contributed by atoms with Crippen molar-refractivity contribution in [2.45, 2.75) is 86.4 Å². The van der Waals surface area contributed by atoms with Crippen LogP contribution in [0.5, 0.6) is 0 Å². The fraction of sp³-hybridized carbons (Fsp3) is 0.737. The molecule has 0 bridgehead atoms. The molecule has 1 rings (SSSR count). The second kappa shape index (κ2) is 8.50. The Morgan fingerprint density at radius 3 is 2.28 bits per heavy atom. The Bertz CT molecular complexity index is 612. The predicted molar refractivity (Wildman–Crippen MR) is 100 cm³/mol. The lowest BCUT2D eigenvalue weighted by Gasteiger charge is -2.23. The van der Waals surface area contributed by atoms with Crippen molar-refractivity contribution in [3.8, 4) is 0 Å². The number of aryl methyl sites for hydroxylation is 1. The van der Waals surface area contributed by atoms with E-state index in [0.29, 0.717) is 18.8 Å². The van der Waals surface area contributed by atoms with Crippen molar-refractivity contribution in [1.29, 1.82) is 0 Å². The molecule has 0 fully saturated rings. The molecule has 1 heterocycles. The SMILES string of the molecule is Cc1nn(CC(C)C)c(C)c1CCC(=O)NC(C)C(=O)NC(C)(C)C. The summed E-state index contributed by atoms with van der Waals surface area (Å²) >= 11 is 0. The summed E-state index contributed by atoms with van der Waals surface area (Å²) in [7, 11) is 0. The molecule has 0 radical (unpaired) electrons. The van der Waals surface area contributed by atoms with Crippen molar-refractivity contribution in [1.82, 2.24) is 20.4 Å². The first-order valence-electron chi connectivity index (χ1n) is 9.05.